The Hall–Kier alpha value is -1.94. The van der Waals surface area contributed by atoms with E-state index in [-0.39, 0.29) is 22.1 Å². The van der Waals surface area contributed by atoms with E-state index in [1.54, 1.807) is 0 Å². The Morgan fingerprint density at radius 3 is 2.25 bits per heavy atom. The molecule has 5 heteroatoms. The van der Waals surface area contributed by atoms with Gasteiger partial charge in [-0.2, -0.15) is 0 Å². The highest BCUT2D eigenvalue weighted by molar-refractivity contribution is 6.33. The summed E-state index contributed by atoms with van der Waals surface area (Å²) in [4.78, 5) is 0. The van der Waals surface area contributed by atoms with Crippen LogP contribution in [-0.2, 0) is 0 Å². The molecule has 2 aromatic rings. The lowest BCUT2D eigenvalue weighted by atomic mass is 10.0. The maximum absolute atomic E-state index is 14.1. The van der Waals surface area contributed by atoms with E-state index in [0.717, 1.165) is 5.69 Å². The van der Waals surface area contributed by atoms with E-state index < -0.39 is 5.82 Å². The fourth-order valence-corrected chi connectivity index (χ4v) is 2.04. The van der Waals surface area contributed by atoms with Crippen LogP contribution in [0.5, 0.6) is 0 Å². The first-order valence-corrected chi connectivity index (χ1v) is 6.68. The summed E-state index contributed by atoms with van der Waals surface area (Å²) in [6, 6.07) is 9.16. The van der Waals surface area contributed by atoms with Gasteiger partial charge in [0.15, 0.2) is 5.82 Å². The molecule has 2 rings (SSSR count). The summed E-state index contributed by atoms with van der Waals surface area (Å²) in [6.45, 7) is 4.22. The van der Waals surface area contributed by atoms with Crippen molar-refractivity contribution in [3.63, 3.8) is 0 Å². The van der Waals surface area contributed by atoms with Gasteiger partial charge >= 0.3 is 0 Å². The third kappa shape index (κ3) is 2.80. The maximum Gasteiger partial charge on any atom is 0.169 e. The first kappa shape index (κ1) is 14.5. The van der Waals surface area contributed by atoms with Gasteiger partial charge in [-0.1, -0.05) is 37.6 Å². The molecule has 0 heterocycles. The van der Waals surface area contributed by atoms with Gasteiger partial charge in [-0.25, -0.2) is 4.39 Å². The molecule has 0 unspecified atom stereocenters. The first-order chi connectivity index (χ1) is 9.40. The van der Waals surface area contributed by atoms with Crippen molar-refractivity contribution in [2.75, 3.05) is 16.8 Å². The fourth-order valence-electron chi connectivity index (χ4n) is 1.89. The zero-order chi connectivity index (χ0) is 14.9. The van der Waals surface area contributed by atoms with Gasteiger partial charge in [-0.15, -0.1) is 0 Å². The molecule has 0 saturated carbocycles. The molecule has 0 fully saturated rings. The van der Waals surface area contributed by atoms with Crippen molar-refractivity contribution in [3.8, 4) is 0 Å². The predicted molar refractivity (Wildman–Crippen MR) is 84.0 cm³/mol. The lowest BCUT2D eigenvalue weighted by Crippen LogP contribution is -2.02. The highest BCUT2D eigenvalue weighted by atomic mass is 35.5. The zero-order valence-electron chi connectivity index (χ0n) is 11.4. The van der Waals surface area contributed by atoms with Crippen LogP contribution in [0.3, 0.4) is 0 Å². The van der Waals surface area contributed by atoms with E-state index in [0.29, 0.717) is 5.92 Å². The molecule has 0 saturated heterocycles. The highest BCUT2D eigenvalue weighted by Gasteiger charge is 2.14. The van der Waals surface area contributed by atoms with Gasteiger partial charge in [0, 0.05) is 5.69 Å². The lowest BCUT2D eigenvalue weighted by molar-refractivity contribution is 0.633. The fraction of sp³-hybridized carbons (Fsp3) is 0.200. The molecule has 0 aliphatic rings. The summed E-state index contributed by atoms with van der Waals surface area (Å²) in [6.07, 6.45) is 0. The Morgan fingerprint density at radius 1 is 1.10 bits per heavy atom. The number of benzene rings is 2. The second kappa shape index (κ2) is 5.59. The van der Waals surface area contributed by atoms with E-state index in [1.807, 2.05) is 24.3 Å². The summed E-state index contributed by atoms with van der Waals surface area (Å²) in [5.41, 5.74) is 13.8. The molecule has 0 aliphatic heterocycles. The zero-order valence-corrected chi connectivity index (χ0v) is 12.1. The van der Waals surface area contributed by atoms with Crippen molar-refractivity contribution in [2.45, 2.75) is 19.8 Å². The second-order valence-corrected chi connectivity index (χ2v) is 5.34. The number of nitrogens with one attached hydrogen (secondary N) is 1. The number of halogens is 2. The van der Waals surface area contributed by atoms with Crippen LogP contribution >= 0.6 is 11.6 Å². The molecule has 0 radical (unpaired) electrons. The maximum atomic E-state index is 14.1. The molecule has 0 aliphatic carbocycles. The van der Waals surface area contributed by atoms with Crippen LogP contribution in [0.25, 0.3) is 0 Å². The van der Waals surface area contributed by atoms with Crippen molar-refractivity contribution in [2.24, 2.45) is 0 Å². The van der Waals surface area contributed by atoms with Crippen LogP contribution < -0.4 is 16.8 Å². The predicted octanol–water partition coefficient (Wildman–Crippen LogP) is 4.51. The summed E-state index contributed by atoms with van der Waals surface area (Å²) >= 11 is 5.79. The normalized spacial score (nSPS) is 10.8. The number of nitrogen functional groups attached to an aromatic ring is 2. The van der Waals surface area contributed by atoms with Gasteiger partial charge < -0.3 is 16.8 Å². The molecule has 106 valence electrons. The molecule has 20 heavy (non-hydrogen) atoms. The third-order valence-electron chi connectivity index (χ3n) is 3.11. The number of nitrogens with two attached hydrogens (primary N) is 2. The van der Waals surface area contributed by atoms with E-state index >= 15 is 0 Å². The van der Waals surface area contributed by atoms with Gasteiger partial charge in [0.25, 0.3) is 0 Å². The molecule has 0 atom stereocenters. The summed E-state index contributed by atoms with van der Waals surface area (Å²) < 4.78 is 14.1. The Bertz CT molecular complexity index is 624. The Morgan fingerprint density at radius 2 is 1.70 bits per heavy atom. The Balaban J connectivity index is 2.33. The molecule has 0 amide bonds. The molecule has 3 nitrogen and oxygen atoms in total. The number of anilines is 4. The van der Waals surface area contributed by atoms with Crippen LogP contribution in [0.2, 0.25) is 5.02 Å². The van der Waals surface area contributed by atoms with E-state index in [4.69, 9.17) is 23.1 Å². The van der Waals surface area contributed by atoms with E-state index in [1.165, 1.54) is 11.6 Å². The van der Waals surface area contributed by atoms with Crippen LogP contribution in [0.15, 0.2) is 30.3 Å². The molecule has 5 N–H and O–H groups in total. The van der Waals surface area contributed by atoms with Crippen LogP contribution in [0.1, 0.15) is 25.3 Å². The summed E-state index contributed by atoms with van der Waals surface area (Å²) in [5, 5.41) is 2.81. The highest BCUT2D eigenvalue weighted by Crippen LogP contribution is 2.35. The Labute approximate surface area is 122 Å². The topological polar surface area (TPSA) is 64.1 Å². The molecule has 0 bridgehead atoms. The van der Waals surface area contributed by atoms with Gasteiger partial charge in [0.1, 0.15) is 5.02 Å². The van der Waals surface area contributed by atoms with E-state index in [9.17, 15) is 4.39 Å². The summed E-state index contributed by atoms with van der Waals surface area (Å²) in [7, 11) is 0. The van der Waals surface area contributed by atoms with Crippen molar-refractivity contribution in [1.82, 2.24) is 0 Å². The van der Waals surface area contributed by atoms with Crippen molar-refractivity contribution in [1.29, 1.82) is 0 Å². The smallest absolute Gasteiger partial charge is 0.169 e. The average Bonchev–Trinajstić information content (AvgIpc) is 2.42. The third-order valence-corrected chi connectivity index (χ3v) is 3.50. The standard InChI is InChI=1S/C15H17ClFN3/c1-8(2)9-3-5-10(6-4-9)20-15-12(19)7-11(18)13(16)14(15)17/h3-8,20H,18-19H2,1-2H3. The average molecular weight is 294 g/mol. The SMILES string of the molecule is CC(C)c1ccc(Nc2c(N)cc(N)c(Cl)c2F)cc1. The van der Waals surface area contributed by atoms with E-state index in [2.05, 4.69) is 19.2 Å². The van der Waals surface area contributed by atoms with Crippen molar-refractivity contribution < 1.29 is 4.39 Å². The van der Waals surface area contributed by atoms with Crippen LogP contribution in [0.4, 0.5) is 27.1 Å². The van der Waals surface area contributed by atoms with Crippen LogP contribution in [-0.4, -0.2) is 0 Å². The minimum absolute atomic E-state index is 0.125. The molecule has 0 spiro atoms. The monoisotopic (exact) mass is 293 g/mol. The molecular weight excluding hydrogens is 277 g/mol. The van der Waals surface area contributed by atoms with Gasteiger partial charge in [0.2, 0.25) is 0 Å². The largest absolute Gasteiger partial charge is 0.397 e. The lowest BCUT2D eigenvalue weighted by Gasteiger charge is -2.14. The van der Waals surface area contributed by atoms with Crippen molar-refractivity contribution in [3.05, 3.63) is 46.7 Å². The van der Waals surface area contributed by atoms with Gasteiger partial charge in [-0.05, 0) is 29.7 Å². The first-order valence-electron chi connectivity index (χ1n) is 6.30. The molecule has 0 aromatic heterocycles. The Kier molecular flexibility index (Phi) is 4.04. The number of hydrogen-bond donors (Lipinski definition) is 3. The molecule has 2 aromatic carbocycles. The summed E-state index contributed by atoms with van der Waals surface area (Å²) in [5.74, 6) is -0.200. The van der Waals surface area contributed by atoms with Crippen LogP contribution in [0, 0.1) is 5.82 Å². The number of rotatable bonds is 3. The van der Waals surface area contributed by atoms with Gasteiger partial charge in [-0.3, -0.25) is 0 Å². The van der Waals surface area contributed by atoms with Gasteiger partial charge in [0.05, 0.1) is 17.1 Å². The minimum atomic E-state index is -0.642. The second-order valence-electron chi connectivity index (χ2n) is 4.96. The quantitative estimate of drug-likeness (QED) is 0.730. The minimum Gasteiger partial charge on any atom is -0.397 e. The number of hydrogen-bond acceptors (Lipinski definition) is 3. The van der Waals surface area contributed by atoms with Crippen molar-refractivity contribution >= 4 is 34.4 Å². The molecular formula is C15H17ClFN3.